The van der Waals surface area contributed by atoms with E-state index in [0.717, 1.165) is 21.4 Å². The number of nitrogens with zero attached hydrogens (tertiary/aromatic N) is 2. The second kappa shape index (κ2) is 6.20. The van der Waals surface area contributed by atoms with E-state index in [9.17, 15) is 9.59 Å². The first-order chi connectivity index (χ1) is 12.6. The fourth-order valence-electron chi connectivity index (χ4n) is 2.99. The number of carbonyl (C=O) groups excluding carboxylic acids is 2. The summed E-state index contributed by atoms with van der Waals surface area (Å²) in [5, 5.41) is 5.24. The van der Waals surface area contributed by atoms with Crippen LogP contribution in [0.2, 0.25) is 0 Å². The van der Waals surface area contributed by atoms with E-state index in [2.05, 4.69) is 15.5 Å². The van der Waals surface area contributed by atoms with E-state index in [1.807, 2.05) is 37.4 Å². The molecule has 4 rings (SSSR count). The first-order valence-corrected chi connectivity index (χ1v) is 8.37. The summed E-state index contributed by atoms with van der Waals surface area (Å²) in [6.45, 7) is 1.83. The molecule has 0 aliphatic carbocycles. The summed E-state index contributed by atoms with van der Waals surface area (Å²) in [7, 11) is 0. The zero-order valence-electron chi connectivity index (χ0n) is 13.8. The Morgan fingerprint density at radius 2 is 1.65 bits per heavy atom. The fraction of sp³-hybridized carbons (Fsp3) is 0.0526. The zero-order valence-corrected chi connectivity index (χ0v) is 14.6. The van der Waals surface area contributed by atoms with Crippen molar-refractivity contribution >= 4 is 45.8 Å². The van der Waals surface area contributed by atoms with Crippen LogP contribution in [0.25, 0.3) is 10.9 Å². The highest BCUT2D eigenvalue weighted by molar-refractivity contribution is 7.80. The largest absolute Gasteiger partial charge is 0.360 e. The van der Waals surface area contributed by atoms with E-state index in [4.69, 9.17) is 12.2 Å². The van der Waals surface area contributed by atoms with Crippen molar-refractivity contribution in [2.75, 3.05) is 0 Å². The molecule has 0 atom stereocenters. The lowest BCUT2D eigenvalue weighted by Crippen LogP contribution is -2.41. The van der Waals surface area contributed by atoms with Crippen LogP contribution in [0.15, 0.2) is 59.8 Å². The molecule has 2 heterocycles. The quantitative estimate of drug-likeness (QED) is 0.318. The molecule has 0 bridgehead atoms. The summed E-state index contributed by atoms with van der Waals surface area (Å²) in [6, 6.07) is 14.5. The standard InChI is InChI=1S/C19H14N4O2S/c1-11(15-10-20-16-9-5-4-6-12(15)16)21-22-19(26)23-17(24)13-7-2-3-8-14(13)18(23)25/h2-10,20H,1H3,(H,22,26)/b21-11+. The van der Waals surface area contributed by atoms with Gasteiger partial charge < -0.3 is 4.98 Å². The van der Waals surface area contributed by atoms with Crippen LogP contribution in [0.3, 0.4) is 0 Å². The van der Waals surface area contributed by atoms with E-state index >= 15 is 0 Å². The van der Waals surface area contributed by atoms with Gasteiger partial charge in [0.1, 0.15) is 0 Å². The second-order valence-electron chi connectivity index (χ2n) is 5.85. The number of fused-ring (bicyclic) bond motifs is 2. The van der Waals surface area contributed by atoms with Gasteiger partial charge in [0.15, 0.2) is 0 Å². The first kappa shape index (κ1) is 16.2. The zero-order chi connectivity index (χ0) is 18.3. The van der Waals surface area contributed by atoms with Crippen LogP contribution in [0.4, 0.5) is 0 Å². The Bertz CT molecular complexity index is 1060. The number of rotatable bonds is 2. The number of hydrogen-bond acceptors (Lipinski definition) is 4. The lowest BCUT2D eigenvalue weighted by atomic mass is 10.1. The number of thiocarbonyl (C=S) groups is 1. The Morgan fingerprint density at radius 1 is 1.04 bits per heavy atom. The van der Waals surface area contributed by atoms with Crippen LogP contribution < -0.4 is 5.43 Å². The van der Waals surface area contributed by atoms with E-state index in [-0.39, 0.29) is 5.11 Å². The van der Waals surface area contributed by atoms with Crippen LogP contribution in [0, 0.1) is 0 Å². The van der Waals surface area contributed by atoms with Crippen molar-refractivity contribution < 1.29 is 9.59 Å². The van der Waals surface area contributed by atoms with Crippen molar-refractivity contribution in [3.63, 3.8) is 0 Å². The number of carbonyl (C=O) groups is 2. The minimum Gasteiger partial charge on any atom is -0.360 e. The summed E-state index contributed by atoms with van der Waals surface area (Å²) in [4.78, 5) is 29.0. The third kappa shape index (κ3) is 2.49. The number of hydrazone groups is 1. The molecule has 2 amide bonds. The Labute approximate surface area is 154 Å². The van der Waals surface area contributed by atoms with Crippen molar-refractivity contribution in [2.24, 2.45) is 5.10 Å². The summed E-state index contributed by atoms with van der Waals surface area (Å²) in [5.74, 6) is -0.883. The lowest BCUT2D eigenvalue weighted by Gasteiger charge is -2.14. The number of aromatic amines is 1. The number of hydrogen-bond donors (Lipinski definition) is 2. The molecule has 2 aromatic carbocycles. The van der Waals surface area contributed by atoms with E-state index in [1.54, 1.807) is 24.3 Å². The van der Waals surface area contributed by atoms with E-state index in [1.165, 1.54) is 0 Å². The molecule has 7 heteroatoms. The maximum absolute atomic E-state index is 12.4. The molecule has 6 nitrogen and oxygen atoms in total. The molecule has 0 saturated carbocycles. The first-order valence-electron chi connectivity index (χ1n) is 7.96. The van der Waals surface area contributed by atoms with Gasteiger partial charge in [0.05, 0.1) is 16.8 Å². The molecule has 0 radical (unpaired) electrons. The molecular formula is C19H14N4O2S. The molecular weight excluding hydrogens is 348 g/mol. The van der Waals surface area contributed by atoms with Crippen molar-refractivity contribution in [3.8, 4) is 0 Å². The predicted octanol–water partition coefficient (Wildman–Crippen LogP) is 3.06. The molecule has 0 saturated heterocycles. The minimum atomic E-state index is -0.442. The Morgan fingerprint density at radius 3 is 2.35 bits per heavy atom. The maximum Gasteiger partial charge on any atom is 0.268 e. The van der Waals surface area contributed by atoms with E-state index in [0.29, 0.717) is 16.8 Å². The number of imide groups is 1. The number of H-pyrrole nitrogens is 1. The smallest absolute Gasteiger partial charge is 0.268 e. The Hall–Kier alpha value is -3.32. The molecule has 1 aromatic heterocycles. The molecule has 1 aliphatic rings. The fourth-order valence-corrected chi connectivity index (χ4v) is 3.20. The lowest BCUT2D eigenvalue weighted by molar-refractivity contribution is 0.0747. The van der Waals surface area contributed by atoms with Crippen LogP contribution in [-0.4, -0.2) is 32.5 Å². The normalized spacial score (nSPS) is 14.0. The highest BCUT2D eigenvalue weighted by atomic mass is 32.1. The third-order valence-corrected chi connectivity index (χ3v) is 4.57. The molecule has 0 unspecified atom stereocenters. The summed E-state index contributed by atoms with van der Waals surface area (Å²) < 4.78 is 0. The predicted molar refractivity (Wildman–Crippen MR) is 103 cm³/mol. The topological polar surface area (TPSA) is 77.6 Å². The van der Waals surface area contributed by atoms with Crippen LogP contribution >= 0.6 is 12.2 Å². The molecule has 3 aromatic rings. The minimum absolute atomic E-state index is 0.0459. The van der Waals surface area contributed by atoms with Gasteiger partial charge in [-0.15, -0.1) is 0 Å². The molecule has 26 heavy (non-hydrogen) atoms. The van der Waals surface area contributed by atoms with Crippen LogP contribution in [-0.2, 0) is 0 Å². The number of nitrogens with one attached hydrogen (secondary N) is 2. The maximum atomic E-state index is 12.4. The van der Waals surface area contributed by atoms with Crippen LogP contribution in [0.1, 0.15) is 33.2 Å². The highest BCUT2D eigenvalue weighted by Gasteiger charge is 2.37. The summed E-state index contributed by atoms with van der Waals surface area (Å²) in [5.41, 5.74) is 5.95. The van der Waals surface area contributed by atoms with E-state index < -0.39 is 11.8 Å². The summed E-state index contributed by atoms with van der Waals surface area (Å²) in [6.07, 6.45) is 1.86. The highest BCUT2D eigenvalue weighted by Crippen LogP contribution is 2.22. The molecule has 2 N–H and O–H groups in total. The average molecular weight is 362 g/mol. The Balaban J connectivity index is 1.57. The van der Waals surface area contributed by atoms with Gasteiger partial charge in [0.2, 0.25) is 5.11 Å². The number of aromatic nitrogens is 1. The van der Waals surface area contributed by atoms with Gasteiger partial charge in [0.25, 0.3) is 11.8 Å². The number of amides is 2. The monoisotopic (exact) mass is 362 g/mol. The molecule has 0 fully saturated rings. The van der Waals surface area contributed by atoms with Crippen LogP contribution in [0.5, 0.6) is 0 Å². The average Bonchev–Trinajstić information content (AvgIpc) is 3.20. The number of para-hydroxylation sites is 1. The van der Waals surface area contributed by atoms with Gasteiger partial charge in [-0.3, -0.25) is 15.0 Å². The molecule has 1 aliphatic heterocycles. The van der Waals surface area contributed by atoms with Gasteiger partial charge in [-0.1, -0.05) is 30.3 Å². The summed E-state index contributed by atoms with van der Waals surface area (Å²) >= 11 is 5.22. The van der Waals surface area contributed by atoms with Gasteiger partial charge in [-0.05, 0) is 37.3 Å². The Kier molecular flexibility index (Phi) is 3.85. The van der Waals surface area contributed by atoms with Gasteiger partial charge in [-0.25, -0.2) is 4.90 Å². The van der Waals surface area contributed by atoms with Gasteiger partial charge in [-0.2, -0.15) is 5.10 Å². The molecule has 128 valence electrons. The SMILES string of the molecule is C/C(=N\NC(=S)N1C(=O)c2ccccc2C1=O)c1c[nH]c2ccccc12. The van der Waals surface area contributed by atoms with Crippen molar-refractivity contribution in [1.82, 2.24) is 15.3 Å². The van der Waals surface area contributed by atoms with Crippen molar-refractivity contribution in [3.05, 3.63) is 71.4 Å². The third-order valence-electron chi connectivity index (χ3n) is 4.30. The molecule has 0 spiro atoms. The number of benzene rings is 2. The van der Waals surface area contributed by atoms with Gasteiger partial charge in [0, 0.05) is 22.7 Å². The van der Waals surface area contributed by atoms with Crippen molar-refractivity contribution in [2.45, 2.75) is 6.92 Å². The van der Waals surface area contributed by atoms with Crippen molar-refractivity contribution in [1.29, 1.82) is 0 Å². The van der Waals surface area contributed by atoms with Gasteiger partial charge >= 0.3 is 0 Å². The second-order valence-corrected chi connectivity index (χ2v) is 6.24.